The SMILES string of the molecule is CC[C@@]1(O)C[C@H](OC2C[C@H](N(C)C)[C@H](OC3C[C@H](O)[C@H](O[C@H]4CCC(=O)[C@@H](C)O4)[C@H](C)O3)[C@H](C)O2)c2c(cc3c(c2O)C(=O)c2c(O)ccc(O)c2C3=O)C1C(=O)OC. The van der Waals surface area contributed by atoms with E-state index in [1.165, 1.54) is 6.07 Å². The summed E-state index contributed by atoms with van der Waals surface area (Å²) in [7, 11) is 4.85. The van der Waals surface area contributed by atoms with Crippen LogP contribution in [0.1, 0.15) is 121 Å². The smallest absolute Gasteiger partial charge is 0.316 e. The molecule has 13 atom stereocenters. The predicted molar refractivity (Wildman–Crippen MR) is 203 cm³/mol. The molecular weight excluding hydrogens is 774 g/mol. The maximum absolute atomic E-state index is 14.0. The van der Waals surface area contributed by atoms with Gasteiger partial charge < -0.3 is 63.6 Å². The first kappa shape index (κ1) is 43.1. The van der Waals surface area contributed by atoms with Gasteiger partial charge in [0.15, 0.2) is 30.4 Å². The van der Waals surface area contributed by atoms with Crippen molar-refractivity contribution < 1.29 is 77.9 Å². The Balaban J connectivity index is 1.14. The van der Waals surface area contributed by atoms with Crippen molar-refractivity contribution in [2.24, 2.45) is 0 Å². The molecule has 0 saturated carbocycles. The Kier molecular flexibility index (Phi) is 12.0. The summed E-state index contributed by atoms with van der Waals surface area (Å²) >= 11 is 0. The summed E-state index contributed by atoms with van der Waals surface area (Å²) in [6, 6.07) is 3.01. The highest BCUT2D eigenvalue weighted by Crippen LogP contribution is 2.54. The Bertz CT molecular complexity index is 1990. The highest BCUT2D eigenvalue weighted by atomic mass is 16.7. The lowest BCUT2D eigenvalue weighted by atomic mass is 9.67. The van der Waals surface area contributed by atoms with Crippen LogP contribution in [0, 0.1) is 0 Å². The summed E-state index contributed by atoms with van der Waals surface area (Å²) in [5, 5.41) is 56.5. The van der Waals surface area contributed by atoms with Crippen LogP contribution < -0.4 is 0 Å². The molecule has 17 nitrogen and oxygen atoms in total. The number of aliphatic hydroxyl groups is 2. The normalized spacial score (nSPS) is 35.9. The average Bonchev–Trinajstić information content (AvgIpc) is 3.17. The van der Waals surface area contributed by atoms with E-state index >= 15 is 0 Å². The van der Waals surface area contributed by atoms with Crippen LogP contribution in [0.4, 0.5) is 0 Å². The molecule has 7 rings (SSSR count). The van der Waals surface area contributed by atoms with E-state index in [0.717, 1.165) is 19.2 Å². The zero-order chi connectivity index (χ0) is 42.8. The van der Waals surface area contributed by atoms with E-state index in [1.54, 1.807) is 27.7 Å². The van der Waals surface area contributed by atoms with Crippen LogP contribution in [-0.2, 0) is 42.7 Å². The fraction of sp³-hybridized carbons (Fsp3) is 0.619. The standard InChI is InChI=1S/C42H53NO16/c1-8-42(52)16-27(31-20(35(42)41(51)53-7)13-21-32(37(31)49)38(50)34-25(46)10-9-24(45)33(34)36(21)48)57-29-14-22(43(5)6)39(18(3)55-29)59-30-15-26(47)40(19(4)56-30)58-28-12-11-23(44)17(2)54-28/h9-10,13,17-19,22,26-30,35,39-40,45-47,49,52H,8,11-12,14-16H2,1-7H3/t17-,18+,19+,22+,26+,27+,28+,29?,30?,35?,39-,40-,42-/m1/s1. The lowest BCUT2D eigenvalue weighted by Gasteiger charge is -2.48. The van der Waals surface area contributed by atoms with Crippen LogP contribution >= 0.6 is 0 Å². The van der Waals surface area contributed by atoms with Crippen LogP contribution in [0.25, 0.3) is 0 Å². The van der Waals surface area contributed by atoms with E-state index in [9.17, 15) is 44.7 Å². The number of hydrogen-bond acceptors (Lipinski definition) is 17. The van der Waals surface area contributed by atoms with E-state index in [2.05, 4.69) is 0 Å². The molecule has 2 aromatic rings. The lowest BCUT2D eigenvalue weighted by Crippen LogP contribution is -2.58. The number of likely N-dealkylation sites (N-methyl/N-ethyl adjacent to an activating group) is 1. The van der Waals surface area contributed by atoms with Gasteiger partial charge in [-0.3, -0.25) is 19.2 Å². The molecule has 2 aromatic carbocycles. The minimum Gasteiger partial charge on any atom is -0.507 e. The van der Waals surface area contributed by atoms with Gasteiger partial charge in [0.1, 0.15) is 41.5 Å². The van der Waals surface area contributed by atoms with Gasteiger partial charge in [-0.1, -0.05) is 6.92 Å². The molecule has 3 aliphatic heterocycles. The first-order valence-electron chi connectivity index (χ1n) is 20.0. The molecule has 3 fully saturated rings. The van der Waals surface area contributed by atoms with Crippen molar-refractivity contribution >= 4 is 23.3 Å². The number of carbonyl (C=O) groups excluding carboxylic acids is 4. The number of aliphatic hydroxyl groups excluding tert-OH is 1. The summed E-state index contributed by atoms with van der Waals surface area (Å²) < 4.78 is 42.6. The minimum absolute atomic E-state index is 0.00116. The van der Waals surface area contributed by atoms with Crippen molar-refractivity contribution in [3.05, 3.63) is 51.6 Å². The number of Topliss-reactive ketones (excluding diaryl/α,β-unsaturated/α-hetero) is 1. The zero-order valence-electron chi connectivity index (χ0n) is 34.1. The first-order chi connectivity index (χ1) is 27.9. The van der Waals surface area contributed by atoms with Crippen LogP contribution in [0.2, 0.25) is 0 Å². The van der Waals surface area contributed by atoms with E-state index in [-0.39, 0.29) is 54.2 Å². The molecule has 322 valence electrons. The average molecular weight is 828 g/mol. The van der Waals surface area contributed by atoms with Crippen molar-refractivity contribution in [1.82, 2.24) is 4.90 Å². The Labute approximate surface area is 341 Å². The van der Waals surface area contributed by atoms with Gasteiger partial charge in [0, 0.05) is 49.3 Å². The fourth-order valence-electron chi connectivity index (χ4n) is 9.33. The molecule has 0 aromatic heterocycles. The topological polar surface area (TPSA) is 237 Å². The fourth-order valence-corrected chi connectivity index (χ4v) is 9.33. The molecule has 59 heavy (non-hydrogen) atoms. The number of benzene rings is 2. The van der Waals surface area contributed by atoms with Crippen LogP contribution in [0.3, 0.4) is 0 Å². The summed E-state index contributed by atoms with van der Waals surface area (Å²) in [5.41, 5.74) is -3.58. The molecule has 17 heteroatoms. The zero-order valence-corrected chi connectivity index (χ0v) is 34.1. The van der Waals surface area contributed by atoms with E-state index in [0.29, 0.717) is 12.8 Å². The molecule has 5 N–H and O–H groups in total. The number of esters is 1. The first-order valence-corrected chi connectivity index (χ1v) is 20.0. The number of fused-ring (bicyclic) bond motifs is 3. The Hall–Kier alpha value is -4.04. The number of phenolic OH excluding ortho intramolecular Hbond substituents is 3. The van der Waals surface area contributed by atoms with Gasteiger partial charge in [0.25, 0.3) is 0 Å². The maximum Gasteiger partial charge on any atom is 0.316 e. The van der Waals surface area contributed by atoms with Crippen LogP contribution in [-0.4, -0.2) is 142 Å². The van der Waals surface area contributed by atoms with Gasteiger partial charge in [-0.25, -0.2) is 0 Å². The predicted octanol–water partition coefficient (Wildman–Crippen LogP) is 2.86. The second-order valence-corrected chi connectivity index (χ2v) is 16.4. The van der Waals surface area contributed by atoms with Crippen LogP contribution in [0.5, 0.6) is 17.2 Å². The number of ketones is 3. The summed E-state index contributed by atoms with van der Waals surface area (Å²) in [5.74, 6) is -5.90. The third-order valence-electron chi connectivity index (χ3n) is 12.5. The van der Waals surface area contributed by atoms with Crippen molar-refractivity contribution in [2.75, 3.05) is 21.2 Å². The van der Waals surface area contributed by atoms with Gasteiger partial charge in [-0.2, -0.15) is 0 Å². The van der Waals surface area contributed by atoms with Gasteiger partial charge in [-0.05, 0) is 65.0 Å². The lowest BCUT2D eigenvalue weighted by molar-refractivity contribution is -0.324. The number of ether oxygens (including phenoxy) is 7. The molecule has 3 unspecified atom stereocenters. The van der Waals surface area contributed by atoms with Crippen molar-refractivity contribution in [3.8, 4) is 17.2 Å². The molecular formula is C42H53NO16. The minimum atomic E-state index is -1.81. The largest absolute Gasteiger partial charge is 0.507 e. The Morgan fingerprint density at radius 2 is 1.47 bits per heavy atom. The molecule has 5 aliphatic rings. The quantitative estimate of drug-likeness (QED) is 0.154. The van der Waals surface area contributed by atoms with Crippen LogP contribution in [0.15, 0.2) is 18.2 Å². The third kappa shape index (κ3) is 7.65. The van der Waals surface area contributed by atoms with Gasteiger partial charge in [0.2, 0.25) is 5.78 Å². The summed E-state index contributed by atoms with van der Waals surface area (Å²) in [6.45, 7) is 6.89. The number of rotatable bonds is 9. The highest BCUT2D eigenvalue weighted by molar-refractivity contribution is 6.31. The Morgan fingerprint density at radius 3 is 2.07 bits per heavy atom. The molecule has 0 bridgehead atoms. The van der Waals surface area contributed by atoms with E-state index < -0.39 is 125 Å². The number of methoxy groups -OCH3 is 1. The molecule has 0 amide bonds. The summed E-state index contributed by atoms with van der Waals surface area (Å²) in [4.78, 5) is 55.1. The highest BCUT2D eigenvalue weighted by Gasteiger charge is 2.54. The number of phenols is 3. The second-order valence-electron chi connectivity index (χ2n) is 16.4. The monoisotopic (exact) mass is 827 g/mol. The van der Waals surface area contributed by atoms with Gasteiger partial charge in [-0.15, -0.1) is 0 Å². The molecule has 3 heterocycles. The van der Waals surface area contributed by atoms with E-state index in [4.69, 9.17) is 33.2 Å². The second kappa shape index (κ2) is 16.4. The Morgan fingerprint density at radius 1 is 0.864 bits per heavy atom. The number of hydrogen-bond donors (Lipinski definition) is 5. The third-order valence-corrected chi connectivity index (χ3v) is 12.5. The number of aromatic hydroxyl groups is 3. The summed E-state index contributed by atoms with van der Waals surface area (Å²) in [6.07, 6.45) is -6.99. The molecule has 0 radical (unpaired) electrons. The van der Waals surface area contributed by atoms with E-state index in [1.807, 2.05) is 19.0 Å². The molecule has 3 saturated heterocycles. The van der Waals surface area contributed by atoms with Gasteiger partial charge >= 0.3 is 5.97 Å². The maximum atomic E-state index is 14.0. The number of nitrogens with zero attached hydrogens (tertiary/aromatic N) is 1. The van der Waals surface area contributed by atoms with Crippen molar-refractivity contribution in [2.45, 2.75) is 145 Å². The molecule has 0 spiro atoms. The molecule has 2 aliphatic carbocycles. The van der Waals surface area contributed by atoms with Crippen molar-refractivity contribution in [1.29, 1.82) is 0 Å². The van der Waals surface area contributed by atoms with Gasteiger partial charge in [0.05, 0.1) is 53.8 Å². The van der Waals surface area contributed by atoms with Crippen molar-refractivity contribution in [3.63, 3.8) is 0 Å². The number of carbonyl (C=O) groups is 4.